The monoisotopic (exact) mass is 218 g/mol. The fourth-order valence-corrected chi connectivity index (χ4v) is 1.58. The van der Waals surface area contributed by atoms with Crippen molar-refractivity contribution >= 4 is 12.6 Å². The number of halogens is 1. The van der Waals surface area contributed by atoms with E-state index in [1.807, 2.05) is 30.3 Å². The third-order valence-electron chi connectivity index (χ3n) is 2.37. The zero-order valence-corrected chi connectivity index (χ0v) is 9.26. The fourth-order valence-electron chi connectivity index (χ4n) is 1.43. The Labute approximate surface area is 94.2 Å². The summed E-state index contributed by atoms with van der Waals surface area (Å²) in [6.45, 7) is 1.76. The summed E-state index contributed by atoms with van der Waals surface area (Å²) in [5.74, 6) is -0.164. The summed E-state index contributed by atoms with van der Waals surface area (Å²) in [5, 5.41) is 0. The van der Waals surface area contributed by atoms with E-state index < -0.39 is 0 Å². The Kier molecular flexibility index (Phi) is 2.78. The van der Waals surface area contributed by atoms with Gasteiger partial charge in [-0.25, -0.2) is 4.39 Å². The number of hydrogen-bond donors (Lipinski definition) is 1. The van der Waals surface area contributed by atoms with Gasteiger partial charge in [0, 0.05) is 4.90 Å². The van der Waals surface area contributed by atoms with E-state index in [-0.39, 0.29) is 5.82 Å². The van der Waals surface area contributed by atoms with Gasteiger partial charge in [-0.05, 0) is 41.8 Å². The van der Waals surface area contributed by atoms with Crippen molar-refractivity contribution in [3.05, 3.63) is 53.8 Å². The van der Waals surface area contributed by atoms with Gasteiger partial charge in [-0.1, -0.05) is 24.3 Å². The van der Waals surface area contributed by atoms with Crippen LogP contribution in [0.4, 0.5) is 4.39 Å². The van der Waals surface area contributed by atoms with E-state index in [0.29, 0.717) is 5.56 Å². The molecule has 2 rings (SSSR count). The van der Waals surface area contributed by atoms with Crippen LogP contribution >= 0.6 is 12.6 Å². The second-order valence-electron chi connectivity index (χ2n) is 3.51. The van der Waals surface area contributed by atoms with Gasteiger partial charge >= 0.3 is 0 Å². The molecule has 0 unspecified atom stereocenters. The molecule has 15 heavy (non-hydrogen) atoms. The normalized spacial score (nSPS) is 10.3. The molecule has 2 aromatic rings. The minimum absolute atomic E-state index is 0.164. The minimum Gasteiger partial charge on any atom is -0.207 e. The van der Waals surface area contributed by atoms with Gasteiger partial charge in [-0.15, -0.1) is 12.6 Å². The Hall–Kier alpha value is -1.28. The van der Waals surface area contributed by atoms with Crippen molar-refractivity contribution < 1.29 is 4.39 Å². The van der Waals surface area contributed by atoms with Crippen molar-refractivity contribution in [1.82, 2.24) is 0 Å². The quantitative estimate of drug-likeness (QED) is 0.685. The Morgan fingerprint density at radius 3 is 2.13 bits per heavy atom. The molecule has 0 spiro atoms. The van der Waals surface area contributed by atoms with Crippen molar-refractivity contribution in [2.75, 3.05) is 0 Å². The predicted molar refractivity (Wildman–Crippen MR) is 63.8 cm³/mol. The molecule has 0 fully saturated rings. The first-order valence-electron chi connectivity index (χ1n) is 4.72. The molecule has 0 amide bonds. The molecule has 0 N–H and O–H groups in total. The highest BCUT2D eigenvalue weighted by Gasteiger charge is 2.01. The van der Waals surface area contributed by atoms with E-state index in [1.54, 1.807) is 19.1 Å². The van der Waals surface area contributed by atoms with Gasteiger partial charge in [0.2, 0.25) is 0 Å². The van der Waals surface area contributed by atoms with Crippen LogP contribution in [-0.2, 0) is 0 Å². The Bertz CT molecular complexity index is 474. The number of hydrogen-bond acceptors (Lipinski definition) is 1. The standard InChI is InChI=1S/C13H11FS/c1-9-2-3-11(8-13(9)14)10-4-6-12(15)7-5-10/h2-8,15H,1H3. The van der Waals surface area contributed by atoms with Crippen molar-refractivity contribution in [2.45, 2.75) is 11.8 Å². The molecular weight excluding hydrogens is 207 g/mol. The van der Waals surface area contributed by atoms with E-state index in [4.69, 9.17) is 0 Å². The molecule has 0 saturated carbocycles. The lowest BCUT2D eigenvalue weighted by atomic mass is 10.0. The van der Waals surface area contributed by atoms with Crippen LogP contribution in [0.3, 0.4) is 0 Å². The molecule has 0 bridgehead atoms. The van der Waals surface area contributed by atoms with Gasteiger partial charge in [-0.2, -0.15) is 0 Å². The molecule has 0 aliphatic rings. The van der Waals surface area contributed by atoms with Crippen LogP contribution in [0.5, 0.6) is 0 Å². The third-order valence-corrected chi connectivity index (χ3v) is 2.67. The molecule has 0 atom stereocenters. The topological polar surface area (TPSA) is 0 Å². The first-order chi connectivity index (χ1) is 7.16. The highest BCUT2D eigenvalue weighted by atomic mass is 32.1. The molecule has 0 aromatic heterocycles. The average Bonchev–Trinajstić information content (AvgIpc) is 2.23. The SMILES string of the molecule is Cc1ccc(-c2ccc(S)cc2)cc1F. The lowest BCUT2D eigenvalue weighted by Gasteiger charge is -2.03. The molecule has 0 nitrogen and oxygen atoms in total. The summed E-state index contributed by atoms with van der Waals surface area (Å²) >= 11 is 4.21. The Balaban J connectivity index is 2.45. The summed E-state index contributed by atoms with van der Waals surface area (Å²) in [4.78, 5) is 0.909. The van der Waals surface area contributed by atoms with Crippen LogP contribution in [0, 0.1) is 12.7 Å². The minimum atomic E-state index is -0.164. The molecule has 0 saturated heterocycles. The molecule has 0 aliphatic carbocycles. The van der Waals surface area contributed by atoms with E-state index in [1.165, 1.54) is 0 Å². The maximum atomic E-state index is 13.3. The van der Waals surface area contributed by atoms with Gasteiger partial charge in [-0.3, -0.25) is 0 Å². The summed E-state index contributed by atoms with van der Waals surface area (Å²) in [5.41, 5.74) is 2.57. The van der Waals surface area contributed by atoms with E-state index in [0.717, 1.165) is 16.0 Å². The first kappa shape index (κ1) is 10.2. The van der Waals surface area contributed by atoms with Crippen LogP contribution < -0.4 is 0 Å². The van der Waals surface area contributed by atoms with Crippen LogP contribution in [0.25, 0.3) is 11.1 Å². The van der Waals surface area contributed by atoms with Crippen LogP contribution in [0.15, 0.2) is 47.4 Å². The second-order valence-corrected chi connectivity index (χ2v) is 4.03. The molecule has 0 aliphatic heterocycles. The van der Waals surface area contributed by atoms with Crippen LogP contribution in [-0.4, -0.2) is 0 Å². The molecular formula is C13H11FS. The average molecular weight is 218 g/mol. The lowest BCUT2D eigenvalue weighted by Crippen LogP contribution is -1.84. The Morgan fingerprint density at radius 2 is 1.53 bits per heavy atom. The van der Waals surface area contributed by atoms with Crippen molar-refractivity contribution in [2.24, 2.45) is 0 Å². The third kappa shape index (κ3) is 2.21. The zero-order chi connectivity index (χ0) is 10.8. The van der Waals surface area contributed by atoms with Gasteiger partial charge in [0.05, 0.1) is 0 Å². The molecule has 76 valence electrons. The van der Waals surface area contributed by atoms with Gasteiger partial charge < -0.3 is 0 Å². The Morgan fingerprint density at radius 1 is 0.933 bits per heavy atom. The lowest BCUT2D eigenvalue weighted by molar-refractivity contribution is 0.619. The van der Waals surface area contributed by atoms with Crippen molar-refractivity contribution in [3.8, 4) is 11.1 Å². The molecule has 0 radical (unpaired) electrons. The molecule has 2 heteroatoms. The summed E-state index contributed by atoms with van der Waals surface area (Å²) in [6.07, 6.45) is 0. The number of thiol groups is 1. The van der Waals surface area contributed by atoms with Crippen LogP contribution in [0.1, 0.15) is 5.56 Å². The van der Waals surface area contributed by atoms with E-state index in [9.17, 15) is 4.39 Å². The fraction of sp³-hybridized carbons (Fsp3) is 0.0769. The van der Waals surface area contributed by atoms with Gasteiger partial charge in [0.1, 0.15) is 5.82 Å². The van der Waals surface area contributed by atoms with E-state index >= 15 is 0 Å². The maximum Gasteiger partial charge on any atom is 0.126 e. The number of aryl methyl sites for hydroxylation is 1. The number of rotatable bonds is 1. The smallest absolute Gasteiger partial charge is 0.126 e. The summed E-state index contributed by atoms with van der Waals surface area (Å²) in [7, 11) is 0. The molecule has 2 aromatic carbocycles. The van der Waals surface area contributed by atoms with Crippen LogP contribution in [0.2, 0.25) is 0 Å². The van der Waals surface area contributed by atoms with Gasteiger partial charge in [0.25, 0.3) is 0 Å². The predicted octanol–water partition coefficient (Wildman–Crippen LogP) is 4.09. The van der Waals surface area contributed by atoms with E-state index in [2.05, 4.69) is 12.6 Å². The van der Waals surface area contributed by atoms with Crippen molar-refractivity contribution in [3.63, 3.8) is 0 Å². The molecule has 0 heterocycles. The highest BCUT2D eigenvalue weighted by Crippen LogP contribution is 2.22. The largest absolute Gasteiger partial charge is 0.207 e. The summed E-state index contributed by atoms with van der Waals surface area (Å²) < 4.78 is 13.3. The first-order valence-corrected chi connectivity index (χ1v) is 5.17. The maximum absolute atomic E-state index is 13.3. The summed E-state index contributed by atoms with van der Waals surface area (Å²) in [6, 6.07) is 12.9. The van der Waals surface area contributed by atoms with Gasteiger partial charge in [0.15, 0.2) is 0 Å². The number of benzene rings is 2. The highest BCUT2D eigenvalue weighted by molar-refractivity contribution is 7.80. The second kappa shape index (κ2) is 4.07. The zero-order valence-electron chi connectivity index (χ0n) is 8.37. The van der Waals surface area contributed by atoms with Crippen molar-refractivity contribution in [1.29, 1.82) is 0 Å².